The van der Waals surface area contributed by atoms with Crippen LogP contribution in [0.15, 0.2) is 44.9 Å². The number of carbonyl (C=O) groups excluding carboxylic acids is 1. The Morgan fingerprint density at radius 3 is 2.77 bits per heavy atom. The van der Waals surface area contributed by atoms with E-state index in [4.69, 9.17) is 0 Å². The molecule has 0 unspecified atom stereocenters. The van der Waals surface area contributed by atoms with Gasteiger partial charge in [-0.1, -0.05) is 11.3 Å². The molecule has 26 heavy (non-hydrogen) atoms. The van der Waals surface area contributed by atoms with E-state index in [1.807, 2.05) is 0 Å². The number of aryl methyl sites for hydroxylation is 1. The summed E-state index contributed by atoms with van der Waals surface area (Å²) in [6.07, 6.45) is 2.45. The fourth-order valence-electron chi connectivity index (χ4n) is 2.21. The summed E-state index contributed by atoms with van der Waals surface area (Å²) in [7, 11) is -3.32. The van der Waals surface area contributed by atoms with Crippen LogP contribution in [0.25, 0.3) is 10.2 Å². The molecule has 0 bridgehead atoms. The third-order valence-electron chi connectivity index (χ3n) is 3.51. The lowest BCUT2D eigenvalue weighted by Gasteiger charge is -2.04. The van der Waals surface area contributed by atoms with E-state index in [0.717, 1.165) is 17.6 Å². The van der Waals surface area contributed by atoms with Crippen molar-refractivity contribution < 1.29 is 13.2 Å². The van der Waals surface area contributed by atoms with Gasteiger partial charge in [0.05, 0.1) is 15.1 Å². The molecule has 11 heteroatoms. The van der Waals surface area contributed by atoms with Crippen LogP contribution in [0.5, 0.6) is 0 Å². The number of nitrogens with zero attached hydrogens (tertiary/aromatic N) is 2. The molecule has 2 N–H and O–H groups in total. The maximum absolute atomic E-state index is 12.0. The molecule has 0 radical (unpaired) electrons. The minimum Gasteiger partial charge on any atom is -0.302 e. The van der Waals surface area contributed by atoms with Crippen LogP contribution in [0.3, 0.4) is 0 Å². The lowest BCUT2D eigenvalue weighted by molar-refractivity contribution is -0.116. The number of benzene rings is 1. The lowest BCUT2D eigenvalue weighted by Crippen LogP contribution is -2.29. The van der Waals surface area contributed by atoms with Crippen LogP contribution in [0.1, 0.15) is 6.42 Å². The second-order valence-electron chi connectivity index (χ2n) is 5.52. The van der Waals surface area contributed by atoms with Crippen LogP contribution in [-0.2, 0) is 21.2 Å². The molecule has 1 aromatic carbocycles. The van der Waals surface area contributed by atoms with E-state index in [2.05, 4.69) is 15.3 Å². The maximum atomic E-state index is 12.0. The molecule has 0 aliphatic rings. The first kappa shape index (κ1) is 18.0. The number of hydrogen-bond donors (Lipinski definition) is 2. The van der Waals surface area contributed by atoms with E-state index in [9.17, 15) is 22.8 Å². The highest BCUT2D eigenvalue weighted by Crippen LogP contribution is 2.28. The number of aromatic amines is 1. The molecule has 0 fully saturated rings. The van der Waals surface area contributed by atoms with Crippen LogP contribution in [0, 0.1) is 0 Å². The molecule has 0 saturated carbocycles. The molecule has 1 amide bonds. The number of hydrogen-bond acceptors (Lipinski definition) is 7. The van der Waals surface area contributed by atoms with Gasteiger partial charge in [0.2, 0.25) is 5.91 Å². The predicted octanol–water partition coefficient (Wildman–Crippen LogP) is 0.579. The quantitative estimate of drug-likeness (QED) is 0.651. The van der Waals surface area contributed by atoms with Crippen molar-refractivity contribution in [2.24, 2.45) is 0 Å². The van der Waals surface area contributed by atoms with Gasteiger partial charge < -0.3 is 9.88 Å². The zero-order valence-corrected chi connectivity index (χ0v) is 15.2. The molecule has 2 aromatic heterocycles. The normalized spacial score (nSPS) is 11.6. The van der Waals surface area contributed by atoms with Gasteiger partial charge in [0.15, 0.2) is 15.0 Å². The number of sulfone groups is 1. The third kappa shape index (κ3) is 4.06. The molecule has 3 rings (SSSR count). The van der Waals surface area contributed by atoms with Gasteiger partial charge in [0, 0.05) is 31.5 Å². The van der Waals surface area contributed by atoms with Crippen LogP contribution in [0.4, 0.5) is 5.13 Å². The molecular weight excluding hydrogens is 380 g/mol. The Morgan fingerprint density at radius 2 is 2.08 bits per heavy atom. The third-order valence-corrected chi connectivity index (χ3v) is 5.55. The van der Waals surface area contributed by atoms with Gasteiger partial charge >= 0.3 is 5.69 Å². The van der Waals surface area contributed by atoms with E-state index in [1.165, 1.54) is 29.0 Å². The molecule has 2 heterocycles. The van der Waals surface area contributed by atoms with Crippen molar-refractivity contribution in [3.63, 3.8) is 0 Å². The lowest BCUT2D eigenvalue weighted by atomic mass is 10.3. The molecule has 0 aliphatic carbocycles. The van der Waals surface area contributed by atoms with Crippen molar-refractivity contribution >= 4 is 42.4 Å². The van der Waals surface area contributed by atoms with Gasteiger partial charge in [0.1, 0.15) is 0 Å². The smallest absolute Gasteiger partial charge is 0.302 e. The summed E-state index contributed by atoms with van der Waals surface area (Å²) in [5.41, 5.74) is -0.508. The first-order valence-corrected chi connectivity index (χ1v) is 10.1. The average molecular weight is 394 g/mol. The number of rotatable bonds is 5. The Bertz CT molecular complexity index is 1210. The van der Waals surface area contributed by atoms with E-state index >= 15 is 0 Å². The number of carbonyl (C=O) groups is 1. The summed E-state index contributed by atoms with van der Waals surface area (Å²) in [5, 5.41) is 2.96. The second kappa shape index (κ2) is 6.84. The van der Waals surface area contributed by atoms with Crippen molar-refractivity contribution in [3.05, 3.63) is 51.3 Å². The second-order valence-corrected chi connectivity index (χ2v) is 8.57. The maximum Gasteiger partial charge on any atom is 0.328 e. The zero-order chi connectivity index (χ0) is 18.9. The van der Waals surface area contributed by atoms with E-state index in [0.29, 0.717) is 15.3 Å². The molecule has 3 aromatic rings. The predicted molar refractivity (Wildman–Crippen MR) is 97.3 cm³/mol. The summed E-state index contributed by atoms with van der Waals surface area (Å²) in [4.78, 5) is 41.1. The summed E-state index contributed by atoms with van der Waals surface area (Å²) < 4.78 is 25.0. The van der Waals surface area contributed by atoms with Crippen molar-refractivity contribution in [2.45, 2.75) is 17.9 Å². The molecule has 0 saturated heterocycles. The number of fused-ring (bicyclic) bond motifs is 1. The highest BCUT2D eigenvalue weighted by Gasteiger charge is 2.12. The summed E-state index contributed by atoms with van der Waals surface area (Å²) in [6, 6.07) is 5.76. The minimum absolute atomic E-state index is 0.0104. The van der Waals surface area contributed by atoms with Crippen LogP contribution >= 0.6 is 11.3 Å². The summed E-state index contributed by atoms with van der Waals surface area (Å²) in [5.74, 6) is -0.356. The molecule has 0 aliphatic heterocycles. The Hall–Kier alpha value is -2.79. The fraction of sp³-hybridized carbons (Fsp3) is 0.200. The monoisotopic (exact) mass is 394 g/mol. The van der Waals surface area contributed by atoms with E-state index in [1.54, 1.807) is 6.07 Å². The van der Waals surface area contributed by atoms with Gasteiger partial charge in [-0.3, -0.25) is 14.6 Å². The number of H-pyrrole nitrogens is 1. The number of nitrogens with one attached hydrogen (secondary N) is 2. The van der Waals surface area contributed by atoms with Crippen molar-refractivity contribution in [1.29, 1.82) is 0 Å². The van der Waals surface area contributed by atoms with Crippen LogP contribution in [-0.4, -0.2) is 35.1 Å². The first-order valence-electron chi connectivity index (χ1n) is 7.43. The molecule has 136 valence electrons. The van der Waals surface area contributed by atoms with Crippen LogP contribution in [0.2, 0.25) is 0 Å². The fourth-order valence-corrected chi connectivity index (χ4v) is 3.86. The highest BCUT2D eigenvalue weighted by atomic mass is 32.2. The van der Waals surface area contributed by atoms with Gasteiger partial charge in [-0.05, 0) is 18.2 Å². The molecular formula is C15H14N4O5S2. The highest BCUT2D eigenvalue weighted by molar-refractivity contribution is 7.90. The van der Waals surface area contributed by atoms with Gasteiger partial charge in [-0.15, -0.1) is 0 Å². The Kier molecular flexibility index (Phi) is 4.74. The summed E-state index contributed by atoms with van der Waals surface area (Å²) >= 11 is 1.16. The molecule has 9 nitrogen and oxygen atoms in total. The average Bonchev–Trinajstić information content (AvgIpc) is 2.94. The minimum atomic E-state index is -3.32. The summed E-state index contributed by atoms with van der Waals surface area (Å²) in [6.45, 7) is 0.102. The van der Waals surface area contributed by atoms with Gasteiger partial charge in [0.25, 0.3) is 5.56 Å². The Morgan fingerprint density at radius 1 is 1.31 bits per heavy atom. The molecule has 0 spiro atoms. The van der Waals surface area contributed by atoms with E-state index < -0.39 is 21.1 Å². The Labute approximate surface area is 151 Å². The number of amides is 1. The van der Waals surface area contributed by atoms with Crippen molar-refractivity contribution in [1.82, 2.24) is 14.5 Å². The van der Waals surface area contributed by atoms with E-state index in [-0.39, 0.29) is 23.8 Å². The number of aromatic nitrogens is 3. The van der Waals surface area contributed by atoms with Crippen molar-refractivity contribution in [2.75, 3.05) is 11.6 Å². The molecule has 0 atom stereocenters. The topological polar surface area (TPSA) is 131 Å². The first-order chi connectivity index (χ1) is 12.2. The van der Waals surface area contributed by atoms with Gasteiger partial charge in [-0.25, -0.2) is 18.2 Å². The number of thiazole rings is 1. The SMILES string of the molecule is CS(=O)(=O)c1ccc2nc(NC(=O)CCn3ccc(=O)[nH]c3=O)sc2c1. The van der Waals surface area contributed by atoms with Crippen LogP contribution < -0.4 is 16.6 Å². The number of anilines is 1. The van der Waals surface area contributed by atoms with Crippen molar-refractivity contribution in [3.8, 4) is 0 Å². The zero-order valence-electron chi connectivity index (χ0n) is 13.6. The standard InChI is InChI=1S/C15H14N4O5S2/c1-26(23,24)9-2-3-10-11(8-9)25-14(16-10)17-12(20)4-6-19-7-5-13(21)18-15(19)22/h2-3,5,7-8H,4,6H2,1H3,(H,16,17,20)(H,18,21,22). The Balaban J connectivity index is 1.71. The van der Waals surface area contributed by atoms with Gasteiger partial charge in [-0.2, -0.15) is 0 Å². The largest absolute Gasteiger partial charge is 0.328 e.